The predicted molar refractivity (Wildman–Crippen MR) is 131 cm³/mol. The van der Waals surface area contributed by atoms with Gasteiger partial charge in [0.2, 0.25) is 0 Å². The summed E-state index contributed by atoms with van der Waals surface area (Å²) in [4.78, 5) is 12.6. The van der Waals surface area contributed by atoms with Crippen LogP contribution < -0.4 is 0 Å². The standard InChI is InChI=1S/C28H44O8/c1-15-9-20(34-14-15)4-3-18(29)12-24(31)22-13-23-26(32)28-25(36-27(22)23)6-5-21(35-28)11-19(30)10-17-7-8-33-16(17)2/h16-18,20-29,31-32H,1,3-14H2,2H3/t16-,17?,18?,20?,21?,22?,23?,24+,25?,26?,27?,28-/m0/s1. The van der Waals surface area contributed by atoms with E-state index in [0.717, 1.165) is 44.3 Å². The zero-order valence-corrected chi connectivity index (χ0v) is 21.5. The van der Waals surface area contributed by atoms with E-state index in [1.165, 1.54) is 0 Å². The molecular formula is C28H44O8. The number of carbonyl (C=O) groups is 1. The van der Waals surface area contributed by atoms with E-state index in [-0.39, 0.29) is 48.1 Å². The molecule has 0 spiro atoms. The van der Waals surface area contributed by atoms with Crippen molar-refractivity contribution < 1.29 is 39.1 Å². The molecule has 0 aromatic carbocycles. The predicted octanol–water partition coefficient (Wildman–Crippen LogP) is 2.31. The Hall–Kier alpha value is -0.870. The molecule has 3 N–H and O–H groups in total. The van der Waals surface area contributed by atoms with Gasteiger partial charge in [0.1, 0.15) is 11.9 Å². The van der Waals surface area contributed by atoms with Gasteiger partial charge in [-0.05, 0) is 69.8 Å². The van der Waals surface area contributed by atoms with Crippen molar-refractivity contribution in [1.82, 2.24) is 0 Å². The van der Waals surface area contributed by atoms with Gasteiger partial charge in [0.25, 0.3) is 0 Å². The molecular weight excluding hydrogens is 464 g/mol. The first-order valence-corrected chi connectivity index (χ1v) is 14.0. The Morgan fingerprint density at radius 3 is 2.64 bits per heavy atom. The lowest BCUT2D eigenvalue weighted by Crippen LogP contribution is -2.66. The van der Waals surface area contributed by atoms with Gasteiger partial charge in [-0.15, -0.1) is 0 Å². The van der Waals surface area contributed by atoms with Crippen LogP contribution in [-0.4, -0.2) is 89.3 Å². The smallest absolute Gasteiger partial charge is 0.135 e. The molecule has 8 heteroatoms. The molecule has 8 nitrogen and oxygen atoms in total. The Kier molecular flexibility index (Phi) is 8.52. The highest BCUT2D eigenvalue weighted by molar-refractivity contribution is 5.79. The lowest BCUT2D eigenvalue weighted by atomic mass is 9.62. The summed E-state index contributed by atoms with van der Waals surface area (Å²) >= 11 is 0. The van der Waals surface area contributed by atoms with Crippen LogP contribution in [0.15, 0.2) is 12.2 Å². The Morgan fingerprint density at radius 1 is 1.08 bits per heavy atom. The van der Waals surface area contributed by atoms with E-state index in [9.17, 15) is 20.1 Å². The highest BCUT2D eigenvalue weighted by atomic mass is 16.6. The number of Topliss-reactive ketones (excluding diaryl/α,β-unsaturated/α-hetero) is 1. The van der Waals surface area contributed by atoms with E-state index in [4.69, 9.17) is 18.9 Å². The van der Waals surface area contributed by atoms with Crippen molar-refractivity contribution in [3.63, 3.8) is 0 Å². The van der Waals surface area contributed by atoms with Crippen LogP contribution in [-0.2, 0) is 23.7 Å². The molecule has 5 rings (SSSR count). The van der Waals surface area contributed by atoms with E-state index < -0.39 is 24.4 Å². The van der Waals surface area contributed by atoms with Crippen molar-refractivity contribution in [1.29, 1.82) is 0 Å². The van der Waals surface area contributed by atoms with E-state index in [2.05, 4.69) is 6.58 Å². The molecule has 5 fully saturated rings. The maximum atomic E-state index is 12.6. The SMILES string of the molecule is C=C1COC(CCC(O)C[C@@H](O)C2CC3C2OC2CCC(CC(=O)CC4CCO[C@H]4C)O[C@@H]2C3O)C1. The summed E-state index contributed by atoms with van der Waals surface area (Å²) in [5.41, 5.74) is 1.10. The van der Waals surface area contributed by atoms with Crippen LogP contribution >= 0.6 is 0 Å². The fraction of sp³-hybridized carbons (Fsp3) is 0.893. The minimum atomic E-state index is -0.665. The van der Waals surface area contributed by atoms with Gasteiger partial charge in [-0.3, -0.25) is 4.79 Å². The van der Waals surface area contributed by atoms with Crippen LogP contribution in [0.4, 0.5) is 0 Å². The number of fused-ring (bicyclic) bond motifs is 2. The first-order chi connectivity index (χ1) is 17.3. The van der Waals surface area contributed by atoms with Crippen LogP contribution in [0.3, 0.4) is 0 Å². The third-order valence-corrected chi connectivity index (χ3v) is 9.33. The maximum absolute atomic E-state index is 12.6. The summed E-state index contributed by atoms with van der Waals surface area (Å²) in [5.74, 6) is 0.343. The molecule has 12 atom stereocenters. The van der Waals surface area contributed by atoms with E-state index in [1.807, 2.05) is 6.92 Å². The number of ketones is 1. The monoisotopic (exact) mass is 508 g/mol. The van der Waals surface area contributed by atoms with Gasteiger partial charge in [0.15, 0.2) is 0 Å². The summed E-state index contributed by atoms with van der Waals surface area (Å²) in [6, 6.07) is 0. The lowest BCUT2D eigenvalue weighted by Gasteiger charge is -2.57. The molecule has 0 aromatic heterocycles. The second kappa shape index (κ2) is 11.5. The van der Waals surface area contributed by atoms with Crippen molar-refractivity contribution >= 4 is 5.78 Å². The van der Waals surface area contributed by atoms with Crippen LogP contribution in [0.5, 0.6) is 0 Å². The number of ether oxygens (including phenoxy) is 4. The Morgan fingerprint density at radius 2 is 1.92 bits per heavy atom. The molecule has 5 aliphatic rings. The first-order valence-electron chi connectivity index (χ1n) is 14.0. The minimum absolute atomic E-state index is 0.0770. The largest absolute Gasteiger partial charge is 0.393 e. The van der Waals surface area contributed by atoms with Gasteiger partial charge in [-0.2, -0.15) is 0 Å². The lowest BCUT2D eigenvalue weighted by molar-refractivity contribution is -0.296. The van der Waals surface area contributed by atoms with Crippen LogP contribution in [0.1, 0.15) is 71.1 Å². The van der Waals surface area contributed by atoms with E-state index in [1.54, 1.807) is 0 Å². The zero-order valence-electron chi connectivity index (χ0n) is 21.5. The molecule has 36 heavy (non-hydrogen) atoms. The minimum Gasteiger partial charge on any atom is -0.393 e. The van der Waals surface area contributed by atoms with Crippen LogP contribution in [0.25, 0.3) is 0 Å². The van der Waals surface area contributed by atoms with Crippen molar-refractivity contribution in [3.05, 3.63) is 12.2 Å². The Bertz CT molecular complexity index is 786. The van der Waals surface area contributed by atoms with E-state index in [0.29, 0.717) is 44.6 Å². The van der Waals surface area contributed by atoms with Crippen molar-refractivity contribution in [2.45, 2.75) is 126 Å². The highest BCUT2D eigenvalue weighted by Crippen LogP contribution is 2.49. The summed E-state index contributed by atoms with van der Waals surface area (Å²) in [7, 11) is 0. The summed E-state index contributed by atoms with van der Waals surface area (Å²) in [5, 5.41) is 32.4. The summed E-state index contributed by atoms with van der Waals surface area (Å²) in [6.45, 7) is 7.31. The van der Waals surface area contributed by atoms with Gasteiger partial charge in [-0.1, -0.05) is 6.58 Å². The quantitative estimate of drug-likeness (QED) is 0.385. The number of rotatable bonds is 10. The molecule has 0 bridgehead atoms. The summed E-state index contributed by atoms with van der Waals surface area (Å²) < 4.78 is 23.8. The fourth-order valence-electron chi connectivity index (χ4n) is 7.03. The Labute approximate surface area is 214 Å². The van der Waals surface area contributed by atoms with Crippen molar-refractivity contribution in [3.8, 4) is 0 Å². The van der Waals surface area contributed by atoms with E-state index >= 15 is 0 Å². The molecule has 0 aromatic rings. The highest BCUT2D eigenvalue weighted by Gasteiger charge is 2.57. The second-order valence-corrected chi connectivity index (χ2v) is 12.0. The van der Waals surface area contributed by atoms with Crippen molar-refractivity contribution in [2.24, 2.45) is 17.8 Å². The number of hydrogen-bond donors (Lipinski definition) is 3. The van der Waals surface area contributed by atoms with Gasteiger partial charge in [-0.25, -0.2) is 0 Å². The summed E-state index contributed by atoms with van der Waals surface area (Å²) in [6.07, 6.45) is 3.81. The molecule has 204 valence electrons. The van der Waals surface area contributed by atoms with Crippen LogP contribution in [0, 0.1) is 17.8 Å². The van der Waals surface area contributed by atoms with Gasteiger partial charge < -0.3 is 34.3 Å². The molecule has 1 aliphatic carbocycles. The molecule has 0 radical (unpaired) electrons. The molecule has 4 saturated heterocycles. The molecule has 1 saturated carbocycles. The van der Waals surface area contributed by atoms with Gasteiger partial charge in [0.05, 0.1) is 55.4 Å². The average molecular weight is 509 g/mol. The van der Waals surface area contributed by atoms with Gasteiger partial charge in [0, 0.05) is 31.3 Å². The normalized spacial score (nSPS) is 43.9. The number of aliphatic hydroxyl groups is 3. The fourth-order valence-corrected chi connectivity index (χ4v) is 7.03. The molecule has 9 unspecified atom stereocenters. The van der Waals surface area contributed by atoms with Crippen molar-refractivity contribution in [2.75, 3.05) is 13.2 Å². The van der Waals surface area contributed by atoms with Gasteiger partial charge >= 0.3 is 0 Å². The third kappa shape index (κ3) is 5.90. The molecule has 0 amide bonds. The second-order valence-electron chi connectivity index (χ2n) is 12.0. The zero-order chi connectivity index (χ0) is 25.4. The molecule has 4 aliphatic heterocycles. The topological polar surface area (TPSA) is 115 Å². The van der Waals surface area contributed by atoms with Crippen LogP contribution in [0.2, 0.25) is 0 Å². The number of aliphatic hydroxyl groups excluding tert-OH is 3. The maximum Gasteiger partial charge on any atom is 0.135 e. The number of hydrogen-bond acceptors (Lipinski definition) is 8. The first kappa shape index (κ1) is 26.7. The molecule has 4 heterocycles. The average Bonchev–Trinajstić information content (AvgIpc) is 3.42. The third-order valence-electron chi connectivity index (χ3n) is 9.33. The number of carbonyl (C=O) groups excluding carboxylic acids is 1. The Balaban J connectivity index is 1.06.